The Labute approximate surface area is 122 Å². The van der Waals surface area contributed by atoms with Crippen molar-refractivity contribution in [1.82, 2.24) is 14.5 Å². The fraction of sp³-hybridized carbons (Fsp3) is 0.692. The normalized spacial score (nSPS) is 19.4. The summed E-state index contributed by atoms with van der Waals surface area (Å²) in [6, 6.07) is -0.212. The zero-order chi connectivity index (χ0) is 14.7. The number of piperidine rings is 1. The Morgan fingerprint density at radius 2 is 2.20 bits per heavy atom. The lowest BCUT2D eigenvalue weighted by atomic mass is 9.98. The van der Waals surface area contributed by atoms with Gasteiger partial charge in [0, 0.05) is 12.6 Å². The van der Waals surface area contributed by atoms with Crippen LogP contribution in [0.3, 0.4) is 0 Å². The quantitative estimate of drug-likeness (QED) is 0.920. The monoisotopic (exact) mass is 297 g/mol. The lowest BCUT2D eigenvalue weighted by Gasteiger charge is -2.34. The lowest BCUT2D eigenvalue weighted by molar-refractivity contribution is -0.138. The summed E-state index contributed by atoms with van der Waals surface area (Å²) in [5.41, 5.74) is 0.708. The van der Waals surface area contributed by atoms with E-state index in [1.165, 1.54) is 0 Å². The van der Waals surface area contributed by atoms with E-state index in [-0.39, 0.29) is 24.3 Å². The number of carbonyl (C=O) groups is 2. The summed E-state index contributed by atoms with van der Waals surface area (Å²) < 4.78 is 3.87. The van der Waals surface area contributed by atoms with Crippen LogP contribution >= 0.6 is 11.5 Å². The molecule has 110 valence electrons. The summed E-state index contributed by atoms with van der Waals surface area (Å²) in [6.45, 7) is 4.56. The van der Waals surface area contributed by atoms with Crippen LogP contribution in [-0.2, 0) is 4.79 Å². The average Bonchev–Trinajstić information content (AvgIpc) is 2.87. The lowest BCUT2D eigenvalue weighted by Crippen LogP contribution is -2.44. The number of hydrogen-bond donors (Lipinski definition) is 1. The zero-order valence-electron chi connectivity index (χ0n) is 11.7. The molecule has 1 aromatic rings. The van der Waals surface area contributed by atoms with Crippen LogP contribution in [0.15, 0.2) is 0 Å². The fourth-order valence-electron chi connectivity index (χ4n) is 2.54. The number of amides is 1. The third-order valence-corrected chi connectivity index (χ3v) is 4.28. The number of aliphatic carboxylic acids is 1. The van der Waals surface area contributed by atoms with Crippen molar-refractivity contribution in [3.8, 4) is 0 Å². The second-order valence-corrected chi connectivity index (χ2v) is 6.14. The Morgan fingerprint density at radius 3 is 2.85 bits per heavy atom. The predicted octanol–water partition coefficient (Wildman–Crippen LogP) is 2.13. The molecule has 1 aliphatic rings. The standard InChI is InChI=1S/C13H19N3O3S/c1-8(2)11-12(20-15-14-11)13(19)16-6-4-3-5-9(16)7-10(17)18/h8-9H,3-7H2,1-2H3,(H,17,18). The minimum atomic E-state index is -0.860. The summed E-state index contributed by atoms with van der Waals surface area (Å²) in [7, 11) is 0. The largest absolute Gasteiger partial charge is 0.481 e. The van der Waals surface area contributed by atoms with Gasteiger partial charge in [0.05, 0.1) is 12.1 Å². The van der Waals surface area contributed by atoms with Crippen molar-refractivity contribution in [2.45, 2.75) is 51.5 Å². The molecule has 0 aromatic carbocycles. The summed E-state index contributed by atoms with van der Waals surface area (Å²) in [5.74, 6) is -0.841. The maximum absolute atomic E-state index is 12.6. The van der Waals surface area contributed by atoms with Crippen molar-refractivity contribution >= 4 is 23.4 Å². The molecule has 1 amide bonds. The summed E-state index contributed by atoms with van der Waals surface area (Å²) in [6.07, 6.45) is 2.65. The van der Waals surface area contributed by atoms with Crippen LogP contribution in [0.2, 0.25) is 0 Å². The van der Waals surface area contributed by atoms with Gasteiger partial charge in [0.15, 0.2) is 0 Å². The van der Waals surface area contributed by atoms with Gasteiger partial charge in [-0.15, -0.1) is 5.10 Å². The summed E-state index contributed by atoms with van der Waals surface area (Å²) >= 11 is 1.10. The van der Waals surface area contributed by atoms with Crippen LogP contribution in [0.25, 0.3) is 0 Å². The fourth-order valence-corrected chi connectivity index (χ4v) is 3.31. The maximum atomic E-state index is 12.6. The van der Waals surface area contributed by atoms with Gasteiger partial charge >= 0.3 is 5.97 Å². The highest BCUT2D eigenvalue weighted by molar-refractivity contribution is 7.08. The van der Waals surface area contributed by atoms with Gasteiger partial charge in [0.2, 0.25) is 0 Å². The highest BCUT2D eigenvalue weighted by atomic mass is 32.1. The maximum Gasteiger partial charge on any atom is 0.305 e. The molecule has 2 heterocycles. The van der Waals surface area contributed by atoms with Gasteiger partial charge < -0.3 is 10.0 Å². The SMILES string of the molecule is CC(C)c1nnsc1C(=O)N1CCCCC1CC(=O)O. The van der Waals surface area contributed by atoms with Gasteiger partial charge in [-0.3, -0.25) is 9.59 Å². The summed E-state index contributed by atoms with van der Waals surface area (Å²) in [5, 5.41) is 13.0. The molecule has 1 N–H and O–H groups in total. The number of carboxylic acid groups (broad SMARTS) is 1. The Kier molecular flexibility index (Phi) is 4.69. The molecular formula is C13H19N3O3S. The van der Waals surface area contributed by atoms with Crippen molar-refractivity contribution in [1.29, 1.82) is 0 Å². The van der Waals surface area contributed by atoms with E-state index in [9.17, 15) is 9.59 Å². The first-order valence-corrected chi connectivity index (χ1v) is 7.63. The van der Waals surface area contributed by atoms with Crippen LogP contribution in [0.5, 0.6) is 0 Å². The Bertz CT molecular complexity index is 501. The molecule has 0 radical (unpaired) electrons. The molecule has 2 rings (SSSR count). The Hall–Kier alpha value is -1.50. The average molecular weight is 297 g/mol. The number of aromatic nitrogens is 2. The minimum absolute atomic E-state index is 0.00891. The smallest absolute Gasteiger partial charge is 0.305 e. The second kappa shape index (κ2) is 6.30. The Morgan fingerprint density at radius 1 is 1.45 bits per heavy atom. The van der Waals surface area contributed by atoms with E-state index in [0.717, 1.165) is 30.8 Å². The highest BCUT2D eigenvalue weighted by Gasteiger charge is 2.32. The van der Waals surface area contributed by atoms with Crippen LogP contribution in [-0.4, -0.2) is 44.1 Å². The van der Waals surface area contributed by atoms with Gasteiger partial charge in [-0.25, -0.2) is 0 Å². The zero-order valence-corrected chi connectivity index (χ0v) is 12.5. The van der Waals surface area contributed by atoms with Crippen LogP contribution in [0.1, 0.15) is 60.8 Å². The van der Waals surface area contributed by atoms with E-state index in [2.05, 4.69) is 9.59 Å². The molecule has 1 unspecified atom stereocenters. The molecule has 0 aliphatic carbocycles. The predicted molar refractivity (Wildman–Crippen MR) is 74.9 cm³/mol. The molecule has 0 bridgehead atoms. The van der Waals surface area contributed by atoms with Crippen molar-refractivity contribution in [2.24, 2.45) is 0 Å². The molecule has 6 nitrogen and oxygen atoms in total. The van der Waals surface area contributed by atoms with E-state index < -0.39 is 5.97 Å². The minimum Gasteiger partial charge on any atom is -0.481 e. The van der Waals surface area contributed by atoms with E-state index >= 15 is 0 Å². The summed E-state index contributed by atoms with van der Waals surface area (Å²) in [4.78, 5) is 25.8. The number of nitrogens with zero attached hydrogens (tertiary/aromatic N) is 3. The molecule has 1 fully saturated rings. The van der Waals surface area contributed by atoms with Gasteiger partial charge in [0.25, 0.3) is 5.91 Å². The van der Waals surface area contributed by atoms with E-state index in [0.29, 0.717) is 17.1 Å². The van der Waals surface area contributed by atoms with Gasteiger partial charge in [-0.1, -0.05) is 18.3 Å². The first-order valence-electron chi connectivity index (χ1n) is 6.85. The molecular weight excluding hydrogens is 278 g/mol. The Balaban J connectivity index is 2.21. The van der Waals surface area contributed by atoms with Crippen molar-refractivity contribution in [2.75, 3.05) is 6.54 Å². The topological polar surface area (TPSA) is 83.4 Å². The molecule has 1 atom stereocenters. The van der Waals surface area contributed by atoms with Gasteiger partial charge in [0.1, 0.15) is 4.88 Å². The van der Waals surface area contributed by atoms with E-state index in [4.69, 9.17) is 5.11 Å². The number of carboxylic acids is 1. The third-order valence-electron chi connectivity index (χ3n) is 3.55. The van der Waals surface area contributed by atoms with Gasteiger partial charge in [-0.05, 0) is 36.7 Å². The molecule has 0 spiro atoms. The number of likely N-dealkylation sites (tertiary alicyclic amines) is 1. The molecule has 1 saturated heterocycles. The molecule has 7 heteroatoms. The number of carbonyl (C=O) groups excluding carboxylic acids is 1. The highest BCUT2D eigenvalue weighted by Crippen LogP contribution is 2.26. The van der Waals surface area contributed by atoms with Gasteiger partial charge in [-0.2, -0.15) is 0 Å². The number of hydrogen-bond acceptors (Lipinski definition) is 5. The molecule has 1 aliphatic heterocycles. The molecule has 0 saturated carbocycles. The van der Waals surface area contributed by atoms with Crippen molar-refractivity contribution in [3.63, 3.8) is 0 Å². The number of rotatable bonds is 4. The molecule has 1 aromatic heterocycles. The second-order valence-electron chi connectivity index (χ2n) is 5.39. The first-order chi connectivity index (χ1) is 9.50. The van der Waals surface area contributed by atoms with Crippen LogP contribution in [0, 0.1) is 0 Å². The van der Waals surface area contributed by atoms with Crippen molar-refractivity contribution < 1.29 is 14.7 Å². The van der Waals surface area contributed by atoms with E-state index in [1.807, 2.05) is 13.8 Å². The molecule has 20 heavy (non-hydrogen) atoms. The van der Waals surface area contributed by atoms with E-state index in [1.54, 1.807) is 4.90 Å². The van der Waals surface area contributed by atoms with Crippen molar-refractivity contribution in [3.05, 3.63) is 10.6 Å². The third kappa shape index (κ3) is 3.15. The van der Waals surface area contributed by atoms with Crippen LogP contribution in [0.4, 0.5) is 0 Å². The first kappa shape index (κ1) is 14.9. The van der Waals surface area contributed by atoms with Crippen LogP contribution < -0.4 is 0 Å².